The van der Waals surface area contributed by atoms with Gasteiger partial charge in [0.15, 0.2) is 5.69 Å². The Morgan fingerprint density at radius 1 is 1.30 bits per heavy atom. The van der Waals surface area contributed by atoms with Crippen LogP contribution in [0.15, 0.2) is 24.3 Å². The SMILES string of the molecule is CC(C)(C)c1c(C(=O)O)nnn1Cc1ccc(I)cc1. The van der Waals surface area contributed by atoms with E-state index < -0.39 is 5.97 Å². The Hall–Kier alpha value is -1.44. The molecule has 0 fully saturated rings. The molecule has 2 aromatic rings. The van der Waals surface area contributed by atoms with Crippen LogP contribution in [0.1, 0.15) is 42.5 Å². The zero-order valence-electron chi connectivity index (χ0n) is 11.6. The van der Waals surface area contributed by atoms with Gasteiger partial charge < -0.3 is 5.11 Å². The highest BCUT2D eigenvalue weighted by molar-refractivity contribution is 14.1. The topological polar surface area (TPSA) is 68.0 Å². The molecule has 0 aliphatic carbocycles. The van der Waals surface area contributed by atoms with Crippen molar-refractivity contribution in [2.75, 3.05) is 0 Å². The zero-order chi connectivity index (χ0) is 14.9. The fourth-order valence-electron chi connectivity index (χ4n) is 2.07. The van der Waals surface area contributed by atoms with Crippen molar-refractivity contribution < 1.29 is 9.90 Å². The van der Waals surface area contributed by atoms with Gasteiger partial charge >= 0.3 is 5.97 Å². The maximum absolute atomic E-state index is 11.3. The van der Waals surface area contributed by atoms with Gasteiger partial charge in [0.05, 0.1) is 12.2 Å². The first-order chi connectivity index (χ1) is 9.29. The van der Waals surface area contributed by atoms with Gasteiger partial charge in [0.1, 0.15) is 0 Å². The average molecular weight is 385 g/mol. The van der Waals surface area contributed by atoms with E-state index in [4.69, 9.17) is 0 Å². The quantitative estimate of drug-likeness (QED) is 0.826. The lowest BCUT2D eigenvalue weighted by molar-refractivity contribution is 0.0687. The molecule has 1 heterocycles. The van der Waals surface area contributed by atoms with Gasteiger partial charge in [-0.25, -0.2) is 9.48 Å². The summed E-state index contributed by atoms with van der Waals surface area (Å²) in [6, 6.07) is 8.05. The molecule has 0 bridgehead atoms. The van der Waals surface area contributed by atoms with E-state index >= 15 is 0 Å². The molecule has 5 nitrogen and oxygen atoms in total. The van der Waals surface area contributed by atoms with Crippen molar-refractivity contribution in [3.8, 4) is 0 Å². The fourth-order valence-corrected chi connectivity index (χ4v) is 2.43. The second-order valence-corrected chi connectivity index (χ2v) is 6.87. The van der Waals surface area contributed by atoms with Crippen molar-refractivity contribution in [1.29, 1.82) is 0 Å². The van der Waals surface area contributed by atoms with E-state index in [9.17, 15) is 9.90 Å². The molecule has 0 radical (unpaired) electrons. The van der Waals surface area contributed by atoms with Crippen LogP contribution in [-0.2, 0) is 12.0 Å². The largest absolute Gasteiger partial charge is 0.476 e. The average Bonchev–Trinajstić information content (AvgIpc) is 2.76. The summed E-state index contributed by atoms with van der Waals surface area (Å²) in [7, 11) is 0. The molecule has 0 saturated heterocycles. The maximum Gasteiger partial charge on any atom is 0.358 e. The van der Waals surface area contributed by atoms with E-state index in [1.165, 1.54) is 0 Å². The number of halogens is 1. The third-order valence-electron chi connectivity index (χ3n) is 2.89. The van der Waals surface area contributed by atoms with Crippen LogP contribution in [0.4, 0.5) is 0 Å². The first-order valence-electron chi connectivity index (χ1n) is 6.21. The summed E-state index contributed by atoms with van der Waals surface area (Å²) in [5.41, 5.74) is 1.41. The second-order valence-electron chi connectivity index (χ2n) is 5.63. The van der Waals surface area contributed by atoms with Crippen LogP contribution in [0, 0.1) is 3.57 Å². The van der Waals surface area contributed by atoms with E-state index in [2.05, 4.69) is 32.9 Å². The van der Waals surface area contributed by atoms with Gasteiger partial charge in [-0.05, 0) is 40.3 Å². The van der Waals surface area contributed by atoms with E-state index in [1.54, 1.807) is 4.68 Å². The third-order valence-corrected chi connectivity index (χ3v) is 3.61. The lowest BCUT2D eigenvalue weighted by Gasteiger charge is -2.20. The molecule has 106 valence electrons. The third kappa shape index (κ3) is 3.17. The highest BCUT2D eigenvalue weighted by Crippen LogP contribution is 2.25. The highest BCUT2D eigenvalue weighted by atomic mass is 127. The minimum absolute atomic E-state index is 0.0306. The molecule has 0 aliphatic heterocycles. The number of hydrogen-bond acceptors (Lipinski definition) is 3. The molecule has 6 heteroatoms. The Labute approximate surface area is 131 Å². The summed E-state index contributed by atoms with van der Waals surface area (Å²) in [4.78, 5) is 11.3. The molecule has 0 unspecified atom stereocenters. The van der Waals surface area contributed by atoms with E-state index in [1.807, 2.05) is 45.0 Å². The Bertz CT molecular complexity index is 627. The minimum atomic E-state index is -1.04. The van der Waals surface area contributed by atoms with Crippen LogP contribution in [0.3, 0.4) is 0 Å². The molecular formula is C14H16IN3O2. The lowest BCUT2D eigenvalue weighted by Crippen LogP contribution is -2.22. The summed E-state index contributed by atoms with van der Waals surface area (Å²) in [6.45, 7) is 6.40. The van der Waals surface area contributed by atoms with Crippen molar-refractivity contribution in [3.05, 3.63) is 44.8 Å². The normalized spacial score (nSPS) is 11.6. The van der Waals surface area contributed by atoms with Crippen molar-refractivity contribution in [2.45, 2.75) is 32.7 Å². The Kier molecular flexibility index (Phi) is 4.12. The first-order valence-corrected chi connectivity index (χ1v) is 7.28. The van der Waals surface area contributed by atoms with Crippen LogP contribution >= 0.6 is 22.6 Å². The van der Waals surface area contributed by atoms with Gasteiger partial charge in [-0.2, -0.15) is 0 Å². The first kappa shape index (κ1) is 15.0. The van der Waals surface area contributed by atoms with Gasteiger partial charge in [-0.15, -0.1) is 5.10 Å². The maximum atomic E-state index is 11.3. The molecule has 0 amide bonds. The number of aromatic nitrogens is 3. The molecule has 1 aromatic carbocycles. The van der Waals surface area contributed by atoms with Gasteiger partial charge in [0.2, 0.25) is 0 Å². The van der Waals surface area contributed by atoms with Crippen LogP contribution < -0.4 is 0 Å². The standard InChI is InChI=1S/C14H16IN3O2/c1-14(2,3)12-11(13(19)20)16-17-18(12)8-9-4-6-10(15)7-5-9/h4-7H,8H2,1-3H3,(H,19,20). The summed E-state index contributed by atoms with van der Waals surface area (Å²) in [5.74, 6) is -1.04. The van der Waals surface area contributed by atoms with Crippen molar-refractivity contribution in [2.24, 2.45) is 0 Å². The Balaban J connectivity index is 2.42. The second kappa shape index (κ2) is 5.51. The number of nitrogens with zero attached hydrogens (tertiary/aromatic N) is 3. The van der Waals surface area contributed by atoms with Crippen molar-refractivity contribution in [1.82, 2.24) is 15.0 Å². The smallest absolute Gasteiger partial charge is 0.358 e. The van der Waals surface area contributed by atoms with Crippen molar-refractivity contribution >= 4 is 28.6 Å². The summed E-state index contributed by atoms with van der Waals surface area (Å²) < 4.78 is 2.83. The zero-order valence-corrected chi connectivity index (χ0v) is 13.7. The van der Waals surface area contributed by atoms with Gasteiger partial charge in [-0.1, -0.05) is 38.1 Å². The number of carboxylic acid groups (broad SMARTS) is 1. The fraction of sp³-hybridized carbons (Fsp3) is 0.357. The summed E-state index contributed by atoms with van der Waals surface area (Å²) in [6.07, 6.45) is 0. The number of benzene rings is 1. The Morgan fingerprint density at radius 2 is 1.90 bits per heavy atom. The molecule has 1 N–H and O–H groups in total. The molecule has 20 heavy (non-hydrogen) atoms. The van der Waals surface area contributed by atoms with Crippen LogP contribution in [0.2, 0.25) is 0 Å². The number of hydrogen-bond donors (Lipinski definition) is 1. The molecule has 0 saturated carbocycles. The number of aromatic carboxylic acids is 1. The summed E-state index contributed by atoms with van der Waals surface area (Å²) in [5, 5.41) is 17.0. The van der Waals surface area contributed by atoms with E-state index in [0.717, 1.165) is 9.13 Å². The van der Waals surface area contributed by atoms with E-state index in [-0.39, 0.29) is 11.1 Å². The van der Waals surface area contributed by atoms with Crippen LogP contribution in [0.5, 0.6) is 0 Å². The molecule has 1 aromatic heterocycles. The predicted octanol–water partition coefficient (Wildman–Crippen LogP) is 2.93. The minimum Gasteiger partial charge on any atom is -0.476 e. The molecular weight excluding hydrogens is 369 g/mol. The summed E-state index contributed by atoms with van der Waals surface area (Å²) >= 11 is 2.25. The van der Waals surface area contributed by atoms with Crippen molar-refractivity contribution in [3.63, 3.8) is 0 Å². The van der Waals surface area contributed by atoms with Gasteiger partial charge in [0.25, 0.3) is 0 Å². The number of carbonyl (C=O) groups is 1. The predicted molar refractivity (Wildman–Crippen MR) is 83.9 cm³/mol. The number of carboxylic acids is 1. The molecule has 0 spiro atoms. The monoisotopic (exact) mass is 385 g/mol. The van der Waals surface area contributed by atoms with Gasteiger partial charge in [0, 0.05) is 8.99 Å². The van der Waals surface area contributed by atoms with E-state index in [0.29, 0.717) is 12.2 Å². The highest BCUT2D eigenvalue weighted by Gasteiger charge is 2.28. The van der Waals surface area contributed by atoms with Crippen LogP contribution in [-0.4, -0.2) is 26.1 Å². The van der Waals surface area contributed by atoms with Gasteiger partial charge in [-0.3, -0.25) is 0 Å². The molecule has 0 aliphatic rings. The molecule has 2 rings (SSSR count). The lowest BCUT2D eigenvalue weighted by atomic mass is 9.90. The molecule has 0 atom stereocenters. The Morgan fingerprint density at radius 3 is 2.40 bits per heavy atom. The van der Waals surface area contributed by atoms with Crippen LogP contribution in [0.25, 0.3) is 0 Å². The number of rotatable bonds is 3.